The van der Waals surface area contributed by atoms with E-state index in [-0.39, 0.29) is 50.8 Å². The summed E-state index contributed by atoms with van der Waals surface area (Å²) in [4.78, 5) is 199. The zero-order valence-corrected chi connectivity index (χ0v) is 61.1. The van der Waals surface area contributed by atoms with E-state index in [4.69, 9.17) is 31.1 Å². The molecule has 37 heteroatoms. The van der Waals surface area contributed by atoms with E-state index in [0.717, 1.165) is 6.92 Å². The first-order valence-corrected chi connectivity index (χ1v) is 34.4. The Balaban J connectivity index is 2.43. The maximum atomic E-state index is 15.7. The second kappa shape index (κ2) is 43.1. The molecule has 1 heterocycles. The van der Waals surface area contributed by atoms with Gasteiger partial charge in [0.1, 0.15) is 66.6 Å². The van der Waals surface area contributed by atoms with Crippen LogP contribution in [-0.2, 0) is 78.4 Å². The van der Waals surface area contributed by atoms with Crippen LogP contribution >= 0.6 is 0 Å². The quantitative estimate of drug-likeness (QED) is 0.0141. The number of guanidine groups is 1. The lowest BCUT2D eigenvalue weighted by Gasteiger charge is -2.34. The maximum Gasteiger partial charge on any atom is 0.408 e. The predicted octanol–water partition coefficient (Wildman–Crippen LogP) is -3.78. The molecule has 105 heavy (non-hydrogen) atoms. The van der Waals surface area contributed by atoms with Gasteiger partial charge in [-0.15, -0.1) is 0 Å². The molecule has 0 bridgehead atoms. The van der Waals surface area contributed by atoms with E-state index in [1.165, 1.54) is 44.2 Å². The van der Waals surface area contributed by atoms with Gasteiger partial charge in [0, 0.05) is 6.54 Å². The standard InChI is InChI=1S/C68H106N16O21/c1-13-36(8)46-60(96)82-47(37(9)86)59(95)73-30-45(87)80-49(52(89)54(69)90)62(98)78-44(31-85)64(100)104-53(39-23-18-15-19-24-39)50(63(99)83-48(51(88)35(6)7)61(97)77-41(27-33(2)3)56(92)75-40(55(91)81-46)25-20-26-72-65(70)71)84-57(93)42(28-34(4)5)76-58(94)43(29-74-66(101)105-68(10,11)12)79-67(102)103-32-38-21-16-14-17-22-38/h14-19,21-24,33-37,40-44,46-53,85-86,88-89H,13,20,25-32H2,1-12H3,(H2,69,90)(H,73,95)(H,74,101)(H,75,92)(H,76,94)(H,77,97)(H,78,98)(H,79,102)(H,80,87)(H,81,91)(H,82,96)(H,83,99)(H,84,93)(H4,70,71,72)/t36-,37-,40+,41-,42-,43-,44-,46-,47-,48-,49-,50-,51+,52-,53+/m0/s1. The number of alkyl carbamates (subject to hydrolysis) is 2. The minimum atomic E-state index is -2.63. The molecule has 0 unspecified atom stereocenters. The van der Waals surface area contributed by atoms with Crippen LogP contribution in [0.5, 0.6) is 0 Å². The third kappa shape index (κ3) is 30.5. The SMILES string of the molecule is CC[C@H](C)[C@@H]1NC(=O)[C@@H](CCCNC(=N)N)NC(=O)[C@H](CC(C)C)NC(=O)[C@H]([C@H](O)C(C)C)NC(=O)[C@@H](NC(=O)[C@H](CC(C)C)NC(=O)[C@H](CNC(=O)OC(C)(C)C)NC(=O)OCc2ccccc2)[C@@H](c2ccccc2)OC(=O)[C@H](CO)NC(=O)[C@H]([C@H](O)C(N)=O)NC(=O)CNC(=O)[C@H]([C@H](C)O)NC1=O. The number of esters is 1. The Morgan fingerprint density at radius 2 is 1.20 bits per heavy atom. The summed E-state index contributed by atoms with van der Waals surface area (Å²) in [6, 6.07) is -4.13. The zero-order valence-electron chi connectivity index (χ0n) is 61.1. The van der Waals surface area contributed by atoms with Crippen molar-refractivity contribution in [3.63, 3.8) is 0 Å². The molecule has 0 aliphatic carbocycles. The van der Waals surface area contributed by atoms with Gasteiger partial charge in [-0.2, -0.15) is 0 Å². The largest absolute Gasteiger partial charge is 0.453 e. The van der Waals surface area contributed by atoms with Crippen LogP contribution in [0.25, 0.3) is 0 Å². The van der Waals surface area contributed by atoms with Crippen LogP contribution in [0.2, 0.25) is 0 Å². The number of ether oxygens (including phenoxy) is 3. The Hall–Kier alpha value is -10.3. The normalized spacial score (nSPS) is 22.7. The van der Waals surface area contributed by atoms with E-state index in [2.05, 4.69) is 58.5 Å². The maximum absolute atomic E-state index is 15.7. The Morgan fingerprint density at radius 3 is 1.75 bits per heavy atom. The molecule has 3 rings (SSSR count). The molecule has 37 nitrogen and oxygen atoms in total. The van der Waals surface area contributed by atoms with Crippen molar-refractivity contribution in [3.05, 3.63) is 71.8 Å². The van der Waals surface area contributed by atoms with Gasteiger partial charge in [-0.05, 0) is 88.2 Å². The molecule has 584 valence electrons. The molecule has 0 spiro atoms. The molecule has 1 fully saturated rings. The van der Waals surface area contributed by atoms with Gasteiger partial charge in [0.2, 0.25) is 65.0 Å². The van der Waals surface area contributed by atoms with E-state index in [9.17, 15) is 73.2 Å². The van der Waals surface area contributed by atoms with Gasteiger partial charge in [0.25, 0.3) is 0 Å². The van der Waals surface area contributed by atoms with Crippen LogP contribution in [0.15, 0.2) is 60.7 Å². The van der Waals surface area contributed by atoms with Crippen molar-refractivity contribution in [3.8, 4) is 0 Å². The van der Waals surface area contributed by atoms with Gasteiger partial charge in [0.15, 0.2) is 24.2 Å². The number of carbonyl (C=O) groups is 14. The Bertz CT molecular complexity index is 3300. The van der Waals surface area contributed by atoms with Crippen molar-refractivity contribution < 1.29 is 102 Å². The number of hydrogen-bond acceptors (Lipinski definition) is 22. The van der Waals surface area contributed by atoms with Gasteiger partial charge in [-0.25, -0.2) is 14.4 Å². The average Bonchev–Trinajstić information content (AvgIpc) is 0.811. The molecular weight excluding hydrogens is 1380 g/mol. The molecule has 22 N–H and O–H groups in total. The number of aliphatic hydroxyl groups is 4. The summed E-state index contributed by atoms with van der Waals surface area (Å²) in [5, 5.41) is 83.3. The lowest BCUT2D eigenvalue weighted by molar-refractivity contribution is -0.159. The predicted molar refractivity (Wildman–Crippen MR) is 376 cm³/mol. The summed E-state index contributed by atoms with van der Waals surface area (Å²) in [7, 11) is 0. The molecular formula is C68H106N16O21. The first-order chi connectivity index (χ1) is 49.2. The number of amides is 13. The second-order valence-corrected chi connectivity index (χ2v) is 27.5. The molecule has 1 saturated heterocycles. The number of rotatable bonds is 26. The van der Waals surface area contributed by atoms with Gasteiger partial charge in [-0.3, -0.25) is 58.1 Å². The number of hydrogen-bond donors (Lipinski definition) is 20. The lowest BCUT2D eigenvalue weighted by atomic mass is 9.95. The van der Waals surface area contributed by atoms with Crippen LogP contribution in [0.3, 0.4) is 0 Å². The van der Waals surface area contributed by atoms with Crippen molar-refractivity contribution in [1.82, 2.24) is 69.1 Å². The number of primary amides is 1. The van der Waals surface area contributed by atoms with Crippen molar-refractivity contribution >= 4 is 89.1 Å². The van der Waals surface area contributed by atoms with E-state index >= 15 is 14.4 Å². The fourth-order valence-corrected chi connectivity index (χ4v) is 10.3. The molecule has 13 amide bonds. The first kappa shape index (κ1) is 88.9. The van der Waals surface area contributed by atoms with Crippen LogP contribution in [0.1, 0.15) is 132 Å². The van der Waals surface area contributed by atoms with Gasteiger partial charge in [-0.1, -0.05) is 122 Å². The topological polar surface area (TPSA) is 580 Å². The summed E-state index contributed by atoms with van der Waals surface area (Å²) in [6.45, 7) is 15.0. The molecule has 0 aromatic heterocycles. The molecule has 1 aliphatic rings. The number of aliphatic hydroxyl groups excluding tert-OH is 4. The highest BCUT2D eigenvalue weighted by atomic mass is 16.6. The highest BCUT2D eigenvalue weighted by Crippen LogP contribution is 2.25. The van der Waals surface area contributed by atoms with Gasteiger partial charge in [0.05, 0.1) is 31.9 Å². The second-order valence-electron chi connectivity index (χ2n) is 27.5. The average molecular weight is 1480 g/mol. The minimum Gasteiger partial charge on any atom is -0.453 e. The summed E-state index contributed by atoms with van der Waals surface area (Å²) in [5.74, 6) is -18.8. The summed E-state index contributed by atoms with van der Waals surface area (Å²) >= 11 is 0. The Labute approximate surface area is 608 Å². The smallest absolute Gasteiger partial charge is 0.408 e. The Kier molecular flexibility index (Phi) is 36.5. The highest BCUT2D eigenvalue weighted by Gasteiger charge is 2.44. The fraction of sp³-hybridized carbons (Fsp3) is 0.603. The van der Waals surface area contributed by atoms with E-state index in [0.29, 0.717) is 5.56 Å². The molecule has 0 radical (unpaired) electrons. The molecule has 0 saturated carbocycles. The lowest BCUT2D eigenvalue weighted by Crippen LogP contribution is -2.64. The minimum absolute atomic E-state index is 0.0184. The van der Waals surface area contributed by atoms with E-state index < -0.39 is 223 Å². The first-order valence-electron chi connectivity index (χ1n) is 34.4. The fourth-order valence-electron chi connectivity index (χ4n) is 10.3. The van der Waals surface area contributed by atoms with Crippen LogP contribution in [0, 0.1) is 29.1 Å². The van der Waals surface area contributed by atoms with Crippen molar-refractivity contribution in [2.75, 3.05) is 26.2 Å². The number of cyclic esters (lactones) is 1. The van der Waals surface area contributed by atoms with Crippen LogP contribution < -0.4 is 80.6 Å². The van der Waals surface area contributed by atoms with Gasteiger partial charge < -0.3 is 115 Å². The van der Waals surface area contributed by atoms with Crippen LogP contribution in [-0.4, -0.2) is 220 Å². The Morgan fingerprint density at radius 1 is 0.638 bits per heavy atom. The summed E-state index contributed by atoms with van der Waals surface area (Å²) < 4.78 is 16.7. The third-order valence-electron chi connectivity index (χ3n) is 16.1. The van der Waals surface area contributed by atoms with E-state index in [1.807, 2.05) is 10.6 Å². The molecule has 2 aromatic rings. The third-order valence-corrected chi connectivity index (χ3v) is 16.1. The molecule has 2 aromatic carbocycles. The number of nitrogens with two attached hydrogens (primary N) is 2. The van der Waals surface area contributed by atoms with E-state index in [1.54, 1.807) is 92.6 Å². The number of nitrogens with one attached hydrogen (secondary N) is 14. The van der Waals surface area contributed by atoms with Crippen molar-refractivity contribution in [2.45, 2.75) is 212 Å². The zero-order chi connectivity index (χ0) is 79.2. The summed E-state index contributed by atoms with van der Waals surface area (Å²) in [5.41, 5.74) is 10.2. The van der Waals surface area contributed by atoms with Crippen LogP contribution in [0.4, 0.5) is 9.59 Å². The monoisotopic (exact) mass is 1480 g/mol. The summed E-state index contributed by atoms with van der Waals surface area (Å²) in [6.07, 6.45) is -11.1. The van der Waals surface area contributed by atoms with Gasteiger partial charge >= 0.3 is 18.2 Å². The molecule has 15 atom stereocenters. The number of carbonyl (C=O) groups excluding carboxylic acids is 14. The van der Waals surface area contributed by atoms with Crippen molar-refractivity contribution in [2.24, 2.45) is 35.1 Å². The highest BCUT2D eigenvalue weighted by molar-refractivity contribution is 6.00. The van der Waals surface area contributed by atoms with Crippen molar-refractivity contribution in [1.29, 1.82) is 5.41 Å². The number of benzene rings is 2. The molecule has 1 aliphatic heterocycles.